The summed E-state index contributed by atoms with van der Waals surface area (Å²) in [5.41, 5.74) is 2.75. The molecule has 0 atom stereocenters. The molecule has 0 spiro atoms. The molecule has 0 aliphatic heterocycles. The number of amides is 1. The minimum Gasteiger partial charge on any atom is -0.381 e. The summed E-state index contributed by atoms with van der Waals surface area (Å²) < 4.78 is 0. The third kappa shape index (κ3) is 4.80. The molecule has 1 amide bonds. The molecule has 110 valence electrons. The Labute approximate surface area is 130 Å². The highest BCUT2D eigenvalue weighted by Gasteiger charge is 2.06. The van der Waals surface area contributed by atoms with Gasteiger partial charge in [-0.15, -0.1) is 0 Å². The molecule has 2 aromatic carbocycles. The fourth-order valence-electron chi connectivity index (χ4n) is 1.94. The highest BCUT2D eigenvalue weighted by molar-refractivity contribution is 6.30. The van der Waals surface area contributed by atoms with Crippen LogP contribution in [0.2, 0.25) is 5.02 Å². The van der Waals surface area contributed by atoms with Gasteiger partial charge in [0.1, 0.15) is 0 Å². The zero-order valence-corrected chi connectivity index (χ0v) is 12.9. The van der Waals surface area contributed by atoms with Crippen molar-refractivity contribution in [3.8, 4) is 0 Å². The summed E-state index contributed by atoms with van der Waals surface area (Å²) in [7, 11) is 0. The molecule has 2 aromatic rings. The summed E-state index contributed by atoms with van der Waals surface area (Å²) in [6.45, 7) is 4.58. The summed E-state index contributed by atoms with van der Waals surface area (Å²) in [6, 6.07) is 15.3. The van der Waals surface area contributed by atoms with E-state index in [2.05, 4.69) is 10.6 Å². The number of halogens is 1. The van der Waals surface area contributed by atoms with Gasteiger partial charge in [0.25, 0.3) is 5.91 Å². The lowest BCUT2D eigenvalue weighted by molar-refractivity contribution is 0.0943. The lowest BCUT2D eigenvalue weighted by atomic mass is 10.1. The molecule has 2 N–H and O–H groups in total. The van der Waals surface area contributed by atoms with E-state index in [1.165, 1.54) is 0 Å². The number of rotatable bonds is 5. The van der Waals surface area contributed by atoms with Crippen molar-refractivity contribution in [1.29, 1.82) is 0 Å². The maximum absolute atomic E-state index is 11.8. The van der Waals surface area contributed by atoms with Crippen LogP contribution in [0.25, 0.3) is 0 Å². The number of nitrogens with one attached hydrogen (secondary N) is 2. The van der Waals surface area contributed by atoms with Gasteiger partial charge in [-0.3, -0.25) is 4.79 Å². The van der Waals surface area contributed by atoms with Crippen LogP contribution in [-0.2, 0) is 6.54 Å². The standard InChI is InChI=1S/C17H19ClN2O/c1-12(2)20-17(21)14-6-8-16(9-7-14)19-11-13-4-3-5-15(18)10-13/h3-10,12,19H,11H2,1-2H3,(H,20,21). The van der Waals surface area contributed by atoms with Crippen molar-refractivity contribution in [2.45, 2.75) is 26.4 Å². The predicted octanol–water partition coefficient (Wildman–Crippen LogP) is 4.09. The minimum absolute atomic E-state index is 0.0496. The molecular weight excluding hydrogens is 284 g/mol. The van der Waals surface area contributed by atoms with E-state index in [4.69, 9.17) is 11.6 Å². The third-order valence-corrected chi connectivity index (χ3v) is 3.19. The van der Waals surface area contributed by atoms with Crippen LogP contribution in [0.4, 0.5) is 5.69 Å². The second-order valence-electron chi connectivity index (χ2n) is 5.19. The molecule has 0 unspecified atom stereocenters. The molecule has 21 heavy (non-hydrogen) atoms. The number of carbonyl (C=O) groups excluding carboxylic acids is 1. The van der Waals surface area contributed by atoms with Gasteiger partial charge < -0.3 is 10.6 Å². The molecule has 0 aromatic heterocycles. The first kappa shape index (κ1) is 15.4. The molecule has 0 aliphatic rings. The fourth-order valence-corrected chi connectivity index (χ4v) is 2.15. The Bertz CT molecular complexity index is 608. The van der Waals surface area contributed by atoms with Crippen molar-refractivity contribution in [2.75, 3.05) is 5.32 Å². The summed E-state index contributed by atoms with van der Waals surface area (Å²) >= 11 is 5.95. The Morgan fingerprint density at radius 1 is 1.14 bits per heavy atom. The van der Waals surface area contributed by atoms with Crippen LogP contribution in [0.15, 0.2) is 48.5 Å². The number of hydrogen-bond donors (Lipinski definition) is 2. The molecule has 0 saturated carbocycles. The summed E-state index contributed by atoms with van der Waals surface area (Å²) in [6.07, 6.45) is 0. The van der Waals surface area contributed by atoms with Crippen molar-refractivity contribution < 1.29 is 4.79 Å². The fraction of sp³-hybridized carbons (Fsp3) is 0.235. The lowest BCUT2D eigenvalue weighted by Crippen LogP contribution is -2.29. The Balaban J connectivity index is 1.95. The second kappa shape index (κ2) is 7.14. The summed E-state index contributed by atoms with van der Waals surface area (Å²) in [5, 5.41) is 6.90. The van der Waals surface area contributed by atoms with E-state index in [0.717, 1.165) is 16.3 Å². The van der Waals surface area contributed by atoms with Crippen LogP contribution in [0.3, 0.4) is 0 Å². The van der Waals surface area contributed by atoms with Crippen LogP contribution in [0, 0.1) is 0 Å². The number of benzene rings is 2. The van der Waals surface area contributed by atoms with E-state index in [1.807, 2.05) is 62.4 Å². The first-order chi connectivity index (χ1) is 10.0. The molecule has 0 bridgehead atoms. The zero-order valence-electron chi connectivity index (χ0n) is 12.2. The highest BCUT2D eigenvalue weighted by atomic mass is 35.5. The molecule has 0 radical (unpaired) electrons. The van der Waals surface area contributed by atoms with Crippen molar-refractivity contribution in [3.05, 3.63) is 64.7 Å². The van der Waals surface area contributed by atoms with Crippen molar-refractivity contribution in [3.63, 3.8) is 0 Å². The second-order valence-corrected chi connectivity index (χ2v) is 5.63. The average molecular weight is 303 g/mol. The topological polar surface area (TPSA) is 41.1 Å². The zero-order chi connectivity index (χ0) is 15.2. The molecular formula is C17H19ClN2O. The van der Waals surface area contributed by atoms with Gasteiger partial charge >= 0.3 is 0 Å². The Hall–Kier alpha value is -2.00. The minimum atomic E-state index is -0.0496. The van der Waals surface area contributed by atoms with E-state index in [-0.39, 0.29) is 11.9 Å². The number of anilines is 1. The van der Waals surface area contributed by atoms with Gasteiger partial charge in [-0.2, -0.15) is 0 Å². The molecule has 0 aliphatic carbocycles. The van der Waals surface area contributed by atoms with Gasteiger partial charge in [-0.25, -0.2) is 0 Å². The highest BCUT2D eigenvalue weighted by Crippen LogP contribution is 2.14. The van der Waals surface area contributed by atoms with Gasteiger partial charge in [-0.05, 0) is 55.8 Å². The van der Waals surface area contributed by atoms with Gasteiger partial charge in [0.15, 0.2) is 0 Å². The van der Waals surface area contributed by atoms with E-state index in [1.54, 1.807) is 0 Å². The SMILES string of the molecule is CC(C)NC(=O)c1ccc(NCc2cccc(Cl)c2)cc1. The molecule has 3 nitrogen and oxygen atoms in total. The normalized spacial score (nSPS) is 10.5. The monoisotopic (exact) mass is 302 g/mol. The van der Waals surface area contributed by atoms with Crippen LogP contribution in [-0.4, -0.2) is 11.9 Å². The van der Waals surface area contributed by atoms with Gasteiger partial charge in [-0.1, -0.05) is 23.7 Å². The maximum Gasteiger partial charge on any atom is 0.251 e. The van der Waals surface area contributed by atoms with Gasteiger partial charge in [0, 0.05) is 28.9 Å². The molecule has 4 heteroatoms. The molecule has 0 fully saturated rings. The van der Waals surface area contributed by atoms with E-state index in [0.29, 0.717) is 12.1 Å². The quantitative estimate of drug-likeness (QED) is 0.873. The van der Waals surface area contributed by atoms with E-state index < -0.39 is 0 Å². The largest absolute Gasteiger partial charge is 0.381 e. The Morgan fingerprint density at radius 3 is 2.48 bits per heavy atom. The van der Waals surface area contributed by atoms with E-state index >= 15 is 0 Å². The van der Waals surface area contributed by atoms with Crippen molar-refractivity contribution >= 4 is 23.2 Å². The van der Waals surface area contributed by atoms with Gasteiger partial charge in [0.05, 0.1) is 0 Å². The summed E-state index contributed by atoms with van der Waals surface area (Å²) in [5.74, 6) is -0.0496. The number of hydrogen-bond acceptors (Lipinski definition) is 2. The Morgan fingerprint density at radius 2 is 1.86 bits per heavy atom. The first-order valence-electron chi connectivity index (χ1n) is 6.94. The van der Waals surface area contributed by atoms with Crippen LogP contribution in [0.1, 0.15) is 29.8 Å². The van der Waals surface area contributed by atoms with Gasteiger partial charge in [0.2, 0.25) is 0 Å². The first-order valence-corrected chi connectivity index (χ1v) is 7.31. The van der Waals surface area contributed by atoms with Crippen LogP contribution >= 0.6 is 11.6 Å². The summed E-state index contributed by atoms with van der Waals surface area (Å²) in [4.78, 5) is 11.8. The predicted molar refractivity (Wildman–Crippen MR) is 87.8 cm³/mol. The van der Waals surface area contributed by atoms with Crippen LogP contribution < -0.4 is 10.6 Å². The molecule has 0 heterocycles. The average Bonchev–Trinajstić information content (AvgIpc) is 2.45. The van der Waals surface area contributed by atoms with Crippen molar-refractivity contribution in [2.24, 2.45) is 0 Å². The Kier molecular flexibility index (Phi) is 5.23. The maximum atomic E-state index is 11.8. The molecule has 0 saturated heterocycles. The van der Waals surface area contributed by atoms with Crippen molar-refractivity contribution in [1.82, 2.24) is 5.32 Å². The lowest BCUT2D eigenvalue weighted by Gasteiger charge is -2.10. The number of carbonyl (C=O) groups is 1. The molecule has 2 rings (SSSR count). The van der Waals surface area contributed by atoms with Crippen LogP contribution in [0.5, 0.6) is 0 Å². The third-order valence-electron chi connectivity index (χ3n) is 2.95. The van der Waals surface area contributed by atoms with E-state index in [9.17, 15) is 4.79 Å². The smallest absolute Gasteiger partial charge is 0.251 e.